The van der Waals surface area contributed by atoms with Gasteiger partial charge in [0.15, 0.2) is 0 Å². The molecule has 0 spiro atoms. The highest BCUT2D eigenvalue weighted by molar-refractivity contribution is 9.10. The number of carboxylic acids is 1. The van der Waals surface area contributed by atoms with Crippen LogP contribution in [0.3, 0.4) is 0 Å². The van der Waals surface area contributed by atoms with E-state index in [0.29, 0.717) is 6.61 Å². The van der Waals surface area contributed by atoms with Gasteiger partial charge in [0.1, 0.15) is 12.4 Å². The molecule has 0 unspecified atom stereocenters. The van der Waals surface area contributed by atoms with Crippen molar-refractivity contribution in [2.75, 3.05) is 7.05 Å². The van der Waals surface area contributed by atoms with Crippen LogP contribution in [-0.4, -0.2) is 18.1 Å². The maximum Gasteiger partial charge on any atom is 0.335 e. The molecule has 110 valence electrons. The average Bonchev–Trinajstić information content (AvgIpc) is 2.48. The summed E-state index contributed by atoms with van der Waals surface area (Å²) < 4.78 is 6.78. The number of carbonyl (C=O) groups is 1. The molecule has 4 nitrogen and oxygen atoms in total. The molecule has 2 aromatic carbocycles. The van der Waals surface area contributed by atoms with Crippen molar-refractivity contribution in [3.8, 4) is 5.75 Å². The minimum atomic E-state index is -0.924. The molecule has 2 N–H and O–H groups in total. The SMILES string of the molecule is CNCc1cc(OCc2ccc(C(=O)O)cc2)ccc1Br. The minimum Gasteiger partial charge on any atom is -0.489 e. The fraction of sp³-hybridized carbons (Fsp3) is 0.188. The molecule has 5 heteroatoms. The van der Waals surface area contributed by atoms with E-state index in [9.17, 15) is 4.79 Å². The second-order valence-corrected chi connectivity index (χ2v) is 5.43. The maximum absolute atomic E-state index is 10.8. The van der Waals surface area contributed by atoms with Crippen molar-refractivity contribution in [1.82, 2.24) is 5.32 Å². The molecule has 2 aromatic rings. The molecule has 0 bridgehead atoms. The van der Waals surface area contributed by atoms with Crippen LogP contribution in [-0.2, 0) is 13.2 Å². The van der Waals surface area contributed by atoms with Gasteiger partial charge in [-0.3, -0.25) is 0 Å². The van der Waals surface area contributed by atoms with Crippen LogP contribution in [0.4, 0.5) is 0 Å². The normalized spacial score (nSPS) is 10.4. The summed E-state index contributed by atoms with van der Waals surface area (Å²) in [6, 6.07) is 12.5. The third kappa shape index (κ3) is 4.31. The van der Waals surface area contributed by atoms with Gasteiger partial charge in [-0.25, -0.2) is 4.79 Å². The molecule has 0 aliphatic carbocycles. The van der Waals surface area contributed by atoms with Crippen molar-refractivity contribution in [3.63, 3.8) is 0 Å². The maximum atomic E-state index is 10.8. The Balaban J connectivity index is 2.02. The summed E-state index contributed by atoms with van der Waals surface area (Å²) in [4.78, 5) is 10.8. The Morgan fingerprint density at radius 2 is 1.95 bits per heavy atom. The van der Waals surface area contributed by atoms with Gasteiger partial charge in [-0.15, -0.1) is 0 Å². The van der Waals surface area contributed by atoms with E-state index in [1.54, 1.807) is 24.3 Å². The molecule has 0 saturated heterocycles. The first-order valence-corrected chi connectivity index (χ1v) is 7.27. The van der Waals surface area contributed by atoms with E-state index in [1.807, 2.05) is 25.2 Å². The lowest BCUT2D eigenvalue weighted by Crippen LogP contribution is -2.06. The number of hydrogen-bond acceptors (Lipinski definition) is 3. The number of benzene rings is 2. The predicted molar refractivity (Wildman–Crippen MR) is 84.6 cm³/mol. The van der Waals surface area contributed by atoms with Crippen LogP contribution < -0.4 is 10.1 Å². The zero-order chi connectivity index (χ0) is 15.2. The van der Waals surface area contributed by atoms with Crippen molar-refractivity contribution in [1.29, 1.82) is 0 Å². The van der Waals surface area contributed by atoms with E-state index in [0.717, 1.165) is 27.9 Å². The lowest BCUT2D eigenvalue weighted by atomic mass is 10.1. The molecule has 0 heterocycles. The molecule has 0 saturated carbocycles. The van der Waals surface area contributed by atoms with E-state index in [2.05, 4.69) is 21.2 Å². The number of halogens is 1. The van der Waals surface area contributed by atoms with Gasteiger partial charge in [-0.1, -0.05) is 28.1 Å². The van der Waals surface area contributed by atoms with Crippen molar-refractivity contribution < 1.29 is 14.6 Å². The second kappa shape index (κ2) is 7.24. The third-order valence-corrected chi connectivity index (χ3v) is 3.76. The minimum absolute atomic E-state index is 0.277. The molecule has 21 heavy (non-hydrogen) atoms. The fourth-order valence-corrected chi connectivity index (χ4v) is 2.26. The van der Waals surface area contributed by atoms with Crippen LogP contribution in [0.2, 0.25) is 0 Å². The second-order valence-electron chi connectivity index (χ2n) is 4.57. The summed E-state index contributed by atoms with van der Waals surface area (Å²) in [6.45, 7) is 1.16. The topological polar surface area (TPSA) is 58.6 Å². The van der Waals surface area contributed by atoms with Gasteiger partial charge in [0, 0.05) is 11.0 Å². The lowest BCUT2D eigenvalue weighted by Gasteiger charge is -2.10. The highest BCUT2D eigenvalue weighted by Crippen LogP contribution is 2.23. The monoisotopic (exact) mass is 349 g/mol. The standard InChI is InChI=1S/C16H16BrNO3/c1-18-9-13-8-14(6-7-15(13)17)21-10-11-2-4-12(5-3-11)16(19)20/h2-8,18H,9-10H2,1H3,(H,19,20). The van der Waals surface area contributed by atoms with Gasteiger partial charge < -0.3 is 15.2 Å². The third-order valence-electron chi connectivity index (χ3n) is 2.99. The number of hydrogen-bond donors (Lipinski definition) is 2. The smallest absolute Gasteiger partial charge is 0.335 e. The van der Waals surface area contributed by atoms with Crippen LogP contribution >= 0.6 is 15.9 Å². The molecule has 0 aliphatic heterocycles. The fourth-order valence-electron chi connectivity index (χ4n) is 1.88. The average molecular weight is 350 g/mol. The molecule has 0 fully saturated rings. The molecular weight excluding hydrogens is 334 g/mol. The van der Waals surface area contributed by atoms with Crippen molar-refractivity contribution >= 4 is 21.9 Å². The van der Waals surface area contributed by atoms with Gasteiger partial charge in [0.2, 0.25) is 0 Å². The van der Waals surface area contributed by atoms with Crippen LogP contribution in [0.1, 0.15) is 21.5 Å². The lowest BCUT2D eigenvalue weighted by molar-refractivity contribution is 0.0697. The van der Waals surface area contributed by atoms with Crippen LogP contribution in [0.5, 0.6) is 5.75 Å². The van der Waals surface area contributed by atoms with E-state index in [1.165, 1.54) is 0 Å². The number of carboxylic acid groups (broad SMARTS) is 1. The number of rotatable bonds is 6. The van der Waals surface area contributed by atoms with Crippen LogP contribution in [0.25, 0.3) is 0 Å². The zero-order valence-corrected chi connectivity index (χ0v) is 13.2. The Morgan fingerprint density at radius 1 is 1.24 bits per heavy atom. The molecule has 0 aliphatic rings. The highest BCUT2D eigenvalue weighted by atomic mass is 79.9. The van der Waals surface area contributed by atoms with Gasteiger partial charge >= 0.3 is 5.97 Å². The van der Waals surface area contributed by atoms with Gasteiger partial charge in [-0.05, 0) is 48.5 Å². The van der Waals surface area contributed by atoms with E-state index in [4.69, 9.17) is 9.84 Å². The summed E-state index contributed by atoms with van der Waals surface area (Å²) in [5.41, 5.74) is 2.33. The summed E-state index contributed by atoms with van der Waals surface area (Å²) in [5.74, 6) is -0.141. The summed E-state index contributed by atoms with van der Waals surface area (Å²) in [5, 5.41) is 12.0. The van der Waals surface area contributed by atoms with Gasteiger partial charge in [0.05, 0.1) is 5.56 Å². The Morgan fingerprint density at radius 3 is 2.57 bits per heavy atom. The summed E-state index contributed by atoms with van der Waals surface area (Å²) in [7, 11) is 1.89. The molecule has 2 rings (SSSR count). The molecule has 0 amide bonds. The van der Waals surface area contributed by atoms with Crippen LogP contribution in [0.15, 0.2) is 46.9 Å². The summed E-state index contributed by atoms with van der Waals surface area (Å²) in [6.07, 6.45) is 0. The quantitative estimate of drug-likeness (QED) is 0.838. The van der Waals surface area contributed by atoms with E-state index >= 15 is 0 Å². The number of aromatic carboxylic acids is 1. The first-order chi connectivity index (χ1) is 10.1. The predicted octanol–water partition coefficient (Wildman–Crippen LogP) is 3.45. The largest absolute Gasteiger partial charge is 0.489 e. The van der Waals surface area contributed by atoms with Gasteiger partial charge in [-0.2, -0.15) is 0 Å². The molecular formula is C16H16BrNO3. The zero-order valence-electron chi connectivity index (χ0n) is 11.6. The first-order valence-electron chi connectivity index (χ1n) is 6.48. The van der Waals surface area contributed by atoms with Crippen molar-refractivity contribution in [3.05, 3.63) is 63.6 Å². The van der Waals surface area contributed by atoms with Crippen molar-refractivity contribution in [2.24, 2.45) is 0 Å². The van der Waals surface area contributed by atoms with Gasteiger partial charge in [0.25, 0.3) is 0 Å². The molecule has 0 aromatic heterocycles. The molecule has 0 radical (unpaired) electrons. The Bertz CT molecular complexity index is 626. The Kier molecular flexibility index (Phi) is 5.36. The highest BCUT2D eigenvalue weighted by Gasteiger charge is 2.04. The van der Waals surface area contributed by atoms with E-state index < -0.39 is 5.97 Å². The summed E-state index contributed by atoms with van der Waals surface area (Å²) >= 11 is 3.50. The van der Waals surface area contributed by atoms with E-state index in [-0.39, 0.29) is 5.56 Å². The number of ether oxygens (including phenoxy) is 1. The first kappa shape index (κ1) is 15.5. The Hall–Kier alpha value is -1.85. The van der Waals surface area contributed by atoms with Crippen molar-refractivity contribution in [2.45, 2.75) is 13.2 Å². The van der Waals surface area contributed by atoms with Crippen LogP contribution in [0, 0.1) is 0 Å². The Labute approximate surface area is 131 Å². The molecule has 0 atom stereocenters. The number of nitrogens with one attached hydrogen (secondary N) is 1.